The minimum Gasteiger partial charge on any atom is -0.493 e. The van der Waals surface area contributed by atoms with Crippen molar-refractivity contribution in [3.8, 4) is 34.7 Å². The average Bonchev–Trinajstić information content (AvgIpc) is 3.20. The number of nitrogens with zero attached hydrogens (tertiary/aromatic N) is 2. The van der Waals surface area contributed by atoms with Gasteiger partial charge in [0.15, 0.2) is 11.5 Å². The first-order chi connectivity index (χ1) is 15.5. The van der Waals surface area contributed by atoms with Crippen LogP contribution in [-0.4, -0.2) is 24.4 Å². The average molecular weight is 431 g/mol. The summed E-state index contributed by atoms with van der Waals surface area (Å²) in [6.45, 7) is 4.39. The summed E-state index contributed by atoms with van der Waals surface area (Å²) in [5.41, 5.74) is 10.9. The van der Waals surface area contributed by atoms with E-state index in [2.05, 4.69) is 54.4 Å². The topological polar surface area (TPSA) is 106 Å². The second-order valence-corrected chi connectivity index (χ2v) is 8.12. The van der Waals surface area contributed by atoms with Gasteiger partial charge in [-0.1, -0.05) is 50.2 Å². The summed E-state index contributed by atoms with van der Waals surface area (Å²) < 4.78 is 16.9. The second kappa shape index (κ2) is 8.67. The Hall–Kier alpha value is -3.92. The fraction of sp³-hybridized carbons (Fsp3) is 0.280. The first kappa shape index (κ1) is 21.3. The molecule has 0 radical (unpaired) electrons. The van der Waals surface area contributed by atoms with Crippen LogP contribution in [0.1, 0.15) is 36.5 Å². The van der Waals surface area contributed by atoms with Crippen LogP contribution < -0.4 is 19.9 Å². The Morgan fingerprint density at radius 2 is 1.91 bits per heavy atom. The number of nitrogens with one attached hydrogen (secondary N) is 1. The number of fused-ring (bicyclic) bond motifs is 1. The summed E-state index contributed by atoms with van der Waals surface area (Å²) in [5, 5.41) is 17.4. The zero-order valence-electron chi connectivity index (χ0n) is 18.6. The Balaban J connectivity index is 1.89. The summed E-state index contributed by atoms with van der Waals surface area (Å²) >= 11 is 0. The molecule has 0 bridgehead atoms. The maximum atomic E-state index is 9.96. The molecule has 0 saturated heterocycles. The lowest BCUT2D eigenvalue weighted by molar-refractivity contribution is 0.348. The van der Waals surface area contributed by atoms with Crippen LogP contribution in [0.25, 0.3) is 11.3 Å². The number of nitriles is 1. The third-order valence-corrected chi connectivity index (χ3v) is 5.57. The van der Waals surface area contributed by atoms with Crippen LogP contribution in [0.15, 0.2) is 53.9 Å². The zero-order chi connectivity index (χ0) is 22.8. The molecule has 164 valence electrons. The van der Waals surface area contributed by atoms with Gasteiger partial charge in [0.2, 0.25) is 11.8 Å². The Bertz CT molecular complexity index is 1200. The predicted octanol–water partition coefficient (Wildman–Crippen LogP) is 4.51. The lowest BCUT2D eigenvalue weighted by Gasteiger charge is -2.26. The van der Waals surface area contributed by atoms with Gasteiger partial charge in [0.1, 0.15) is 11.6 Å². The molecule has 1 aliphatic heterocycles. The molecule has 1 unspecified atom stereocenters. The van der Waals surface area contributed by atoms with Gasteiger partial charge in [0.25, 0.3) is 0 Å². The number of H-pyrrole nitrogens is 1. The Morgan fingerprint density at radius 1 is 1.16 bits per heavy atom. The Morgan fingerprint density at radius 3 is 2.53 bits per heavy atom. The minimum atomic E-state index is -0.530. The molecule has 1 aliphatic rings. The first-order valence-corrected chi connectivity index (χ1v) is 10.4. The molecule has 3 N–H and O–H groups in total. The van der Waals surface area contributed by atoms with Gasteiger partial charge in [-0.05, 0) is 24.0 Å². The van der Waals surface area contributed by atoms with Gasteiger partial charge in [-0.15, -0.1) is 5.10 Å². The molecule has 32 heavy (non-hydrogen) atoms. The molecular formula is C25H26N4O3. The van der Waals surface area contributed by atoms with Gasteiger partial charge in [-0.2, -0.15) is 5.26 Å². The summed E-state index contributed by atoms with van der Waals surface area (Å²) in [6.07, 6.45) is 1.01. The highest BCUT2D eigenvalue weighted by molar-refractivity contribution is 5.72. The number of hydrogen-bond acceptors (Lipinski definition) is 6. The van der Waals surface area contributed by atoms with Crippen molar-refractivity contribution >= 4 is 0 Å². The number of nitrogens with two attached hydrogens (primary N) is 1. The normalized spacial score (nSPS) is 15.2. The highest BCUT2D eigenvalue weighted by Crippen LogP contribution is 2.49. The number of allylic oxidation sites excluding steroid dienone is 1. The number of rotatable bonds is 6. The second-order valence-electron chi connectivity index (χ2n) is 8.12. The smallest absolute Gasteiger partial charge is 0.244 e. The van der Waals surface area contributed by atoms with Crippen LogP contribution in [0.4, 0.5) is 0 Å². The van der Waals surface area contributed by atoms with E-state index in [0.29, 0.717) is 28.9 Å². The van der Waals surface area contributed by atoms with Crippen LogP contribution in [-0.2, 0) is 6.42 Å². The van der Waals surface area contributed by atoms with Crippen molar-refractivity contribution < 1.29 is 14.2 Å². The maximum absolute atomic E-state index is 9.96. The van der Waals surface area contributed by atoms with Crippen LogP contribution in [0.2, 0.25) is 0 Å². The highest BCUT2D eigenvalue weighted by atomic mass is 16.5. The lowest BCUT2D eigenvalue weighted by atomic mass is 9.82. The van der Waals surface area contributed by atoms with E-state index in [1.165, 1.54) is 5.56 Å². The highest BCUT2D eigenvalue weighted by Gasteiger charge is 2.37. The van der Waals surface area contributed by atoms with Crippen molar-refractivity contribution in [2.24, 2.45) is 11.7 Å². The van der Waals surface area contributed by atoms with Gasteiger partial charge in [0.05, 0.1) is 31.4 Å². The van der Waals surface area contributed by atoms with Crippen molar-refractivity contribution in [3.05, 3.63) is 70.6 Å². The summed E-state index contributed by atoms with van der Waals surface area (Å²) in [5.74, 6) is 1.52. The Kier molecular flexibility index (Phi) is 5.78. The van der Waals surface area contributed by atoms with E-state index in [4.69, 9.17) is 19.9 Å². The fourth-order valence-corrected chi connectivity index (χ4v) is 4.19. The largest absolute Gasteiger partial charge is 0.493 e. The molecule has 0 spiro atoms. The maximum Gasteiger partial charge on any atom is 0.244 e. The van der Waals surface area contributed by atoms with E-state index >= 15 is 0 Å². The zero-order valence-corrected chi connectivity index (χ0v) is 18.6. The molecule has 0 amide bonds. The van der Waals surface area contributed by atoms with Gasteiger partial charge in [-0.25, -0.2) is 0 Å². The molecule has 0 fully saturated rings. The summed E-state index contributed by atoms with van der Waals surface area (Å²) in [6, 6.07) is 16.1. The van der Waals surface area contributed by atoms with Crippen molar-refractivity contribution in [2.75, 3.05) is 14.2 Å². The molecule has 7 nitrogen and oxygen atoms in total. The van der Waals surface area contributed by atoms with Crippen molar-refractivity contribution in [2.45, 2.75) is 26.2 Å². The SMILES string of the molecule is COc1cccc(C2C(C#N)=C(N)Oc3n[nH]c(-c4ccc(CC(C)C)cc4)c32)c1OC. The summed E-state index contributed by atoms with van der Waals surface area (Å²) in [7, 11) is 3.15. The molecule has 0 saturated carbocycles. The van der Waals surface area contributed by atoms with Crippen LogP contribution in [0.5, 0.6) is 17.4 Å². The van der Waals surface area contributed by atoms with E-state index in [0.717, 1.165) is 28.8 Å². The van der Waals surface area contributed by atoms with Crippen molar-refractivity contribution in [1.29, 1.82) is 5.26 Å². The lowest BCUT2D eigenvalue weighted by Crippen LogP contribution is -2.21. The third-order valence-electron chi connectivity index (χ3n) is 5.57. The van der Waals surface area contributed by atoms with Crippen molar-refractivity contribution in [1.82, 2.24) is 10.2 Å². The minimum absolute atomic E-state index is 0.0280. The third kappa shape index (κ3) is 3.65. The number of aromatic amines is 1. The van der Waals surface area contributed by atoms with Crippen molar-refractivity contribution in [3.63, 3.8) is 0 Å². The fourth-order valence-electron chi connectivity index (χ4n) is 4.19. The van der Waals surface area contributed by atoms with E-state index in [9.17, 15) is 5.26 Å². The Labute approximate surface area is 187 Å². The number of ether oxygens (including phenoxy) is 3. The van der Waals surface area contributed by atoms with Gasteiger partial charge < -0.3 is 19.9 Å². The van der Waals surface area contributed by atoms with E-state index < -0.39 is 5.92 Å². The quantitative estimate of drug-likeness (QED) is 0.596. The molecule has 0 aliphatic carbocycles. The molecule has 2 aromatic carbocycles. The number of aromatic nitrogens is 2. The van der Waals surface area contributed by atoms with E-state index in [-0.39, 0.29) is 5.88 Å². The molecule has 1 atom stereocenters. The predicted molar refractivity (Wildman–Crippen MR) is 121 cm³/mol. The number of methoxy groups -OCH3 is 2. The molecule has 3 aromatic rings. The van der Waals surface area contributed by atoms with Crippen LogP contribution in [0, 0.1) is 17.2 Å². The standard InChI is InChI=1S/C25H26N4O3/c1-14(2)12-15-8-10-16(11-9-15)22-21-20(17-6-5-7-19(30-3)23(17)31-4)18(13-26)24(27)32-25(21)29-28-22/h5-11,14,20H,12,27H2,1-4H3,(H,28,29). The van der Waals surface area contributed by atoms with Gasteiger partial charge in [-0.3, -0.25) is 5.10 Å². The first-order valence-electron chi connectivity index (χ1n) is 10.4. The van der Waals surface area contributed by atoms with E-state index in [1.807, 2.05) is 18.2 Å². The van der Waals surface area contributed by atoms with E-state index in [1.54, 1.807) is 14.2 Å². The summed E-state index contributed by atoms with van der Waals surface area (Å²) in [4.78, 5) is 0. The van der Waals surface area contributed by atoms with Crippen LogP contribution >= 0.6 is 0 Å². The van der Waals surface area contributed by atoms with Gasteiger partial charge >= 0.3 is 0 Å². The number of benzene rings is 2. The molecular weight excluding hydrogens is 404 g/mol. The molecule has 1 aromatic heterocycles. The number of hydrogen-bond donors (Lipinski definition) is 2. The molecule has 4 rings (SSSR count). The monoisotopic (exact) mass is 430 g/mol. The van der Waals surface area contributed by atoms with Gasteiger partial charge in [0, 0.05) is 11.1 Å². The number of para-hydroxylation sites is 1. The molecule has 2 heterocycles. The molecule has 7 heteroatoms. The van der Waals surface area contributed by atoms with Crippen LogP contribution in [0.3, 0.4) is 0 Å².